The van der Waals surface area contributed by atoms with Crippen molar-refractivity contribution < 1.29 is 9.47 Å². The summed E-state index contributed by atoms with van der Waals surface area (Å²) < 4.78 is 13.3. The van der Waals surface area contributed by atoms with Gasteiger partial charge in [-0.15, -0.1) is 24.0 Å². The van der Waals surface area contributed by atoms with Crippen LogP contribution in [-0.4, -0.2) is 29.4 Å². The van der Waals surface area contributed by atoms with Gasteiger partial charge in [0.25, 0.3) is 0 Å². The zero-order valence-electron chi connectivity index (χ0n) is 18.2. The Hall–Kier alpha value is -2.75. The molecule has 8 heteroatoms. The van der Waals surface area contributed by atoms with Gasteiger partial charge in [-0.25, -0.2) is 4.99 Å². The van der Waals surface area contributed by atoms with Crippen molar-refractivity contribution in [3.8, 4) is 11.5 Å². The highest BCUT2D eigenvalue weighted by atomic mass is 127. The Morgan fingerprint density at radius 1 is 1.03 bits per heavy atom. The Labute approximate surface area is 200 Å². The van der Waals surface area contributed by atoms with Crippen molar-refractivity contribution in [1.82, 2.24) is 20.4 Å². The van der Waals surface area contributed by atoms with Gasteiger partial charge in [-0.3, -0.25) is 4.68 Å². The molecule has 7 nitrogen and oxygen atoms in total. The molecular formula is C23H30IN5O2. The highest BCUT2D eigenvalue weighted by Crippen LogP contribution is 2.29. The minimum atomic E-state index is 0. The van der Waals surface area contributed by atoms with E-state index in [0.717, 1.165) is 35.1 Å². The van der Waals surface area contributed by atoms with Gasteiger partial charge in [-0.2, -0.15) is 5.10 Å². The van der Waals surface area contributed by atoms with Crippen LogP contribution < -0.4 is 20.1 Å². The molecule has 3 aromatic rings. The molecule has 0 spiro atoms. The molecule has 0 saturated carbocycles. The van der Waals surface area contributed by atoms with E-state index in [2.05, 4.69) is 20.7 Å². The number of methoxy groups -OCH3 is 1. The number of hydrogen-bond acceptors (Lipinski definition) is 4. The molecule has 2 aromatic carbocycles. The molecule has 31 heavy (non-hydrogen) atoms. The lowest BCUT2D eigenvalue weighted by Gasteiger charge is -2.13. The number of rotatable bonds is 9. The standard InChI is InChI=1S/C23H29N5O2.HI/c1-4-24-23(26-16-20-12-13-27-28(20)2)25-15-19-10-11-21(22(14-19)29-3)30-17-18-8-6-5-7-9-18;/h5-14H,4,15-17H2,1-3H3,(H2,24,25,26);1H. The van der Waals surface area contributed by atoms with E-state index in [9.17, 15) is 0 Å². The second-order valence-electron chi connectivity index (χ2n) is 6.75. The van der Waals surface area contributed by atoms with Gasteiger partial charge in [0.15, 0.2) is 17.5 Å². The molecule has 0 unspecified atom stereocenters. The van der Waals surface area contributed by atoms with Crippen LogP contribution in [0.1, 0.15) is 23.7 Å². The lowest BCUT2D eigenvalue weighted by molar-refractivity contribution is 0.284. The number of aliphatic imine (C=N–C) groups is 1. The Balaban J connectivity index is 0.00000341. The van der Waals surface area contributed by atoms with Crippen LogP contribution in [0.5, 0.6) is 11.5 Å². The third kappa shape index (κ3) is 7.46. The summed E-state index contributed by atoms with van der Waals surface area (Å²) in [6, 6.07) is 18.0. The quantitative estimate of drug-likeness (QED) is 0.247. The molecule has 0 atom stereocenters. The average Bonchev–Trinajstić information content (AvgIpc) is 3.19. The molecule has 2 N–H and O–H groups in total. The monoisotopic (exact) mass is 535 g/mol. The van der Waals surface area contributed by atoms with Crippen molar-refractivity contribution in [2.24, 2.45) is 12.0 Å². The van der Waals surface area contributed by atoms with Crippen molar-refractivity contribution in [3.63, 3.8) is 0 Å². The number of aromatic nitrogens is 2. The van der Waals surface area contributed by atoms with Gasteiger partial charge in [0.1, 0.15) is 6.61 Å². The molecule has 3 rings (SSSR count). The highest BCUT2D eigenvalue weighted by Gasteiger charge is 2.07. The van der Waals surface area contributed by atoms with Crippen molar-refractivity contribution in [1.29, 1.82) is 0 Å². The molecule has 1 aromatic heterocycles. The molecule has 1 heterocycles. The van der Waals surface area contributed by atoms with Gasteiger partial charge in [0.2, 0.25) is 0 Å². The Morgan fingerprint density at radius 3 is 2.52 bits per heavy atom. The molecular weight excluding hydrogens is 505 g/mol. The fourth-order valence-electron chi connectivity index (χ4n) is 2.93. The van der Waals surface area contributed by atoms with Gasteiger partial charge in [-0.1, -0.05) is 36.4 Å². The maximum Gasteiger partial charge on any atom is 0.191 e. The average molecular weight is 535 g/mol. The Morgan fingerprint density at radius 2 is 1.84 bits per heavy atom. The summed E-state index contributed by atoms with van der Waals surface area (Å²) in [7, 11) is 3.58. The first-order valence-corrected chi connectivity index (χ1v) is 10.0. The summed E-state index contributed by atoms with van der Waals surface area (Å²) in [6.45, 7) is 4.50. The van der Waals surface area contributed by atoms with E-state index >= 15 is 0 Å². The number of hydrogen-bond donors (Lipinski definition) is 2. The van der Waals surface area contributed by atoms with Crippen LogP contribution in [0.3, 0.4) is 0 Å². The fourth-order valence-corrected chi connectivity index (χ4v) is 2.93. The normalized spacial score (nSPS) is 10.9. The Bertz CT molecular complexity index is 960. The van der Waals surface area contributed by atoms with Crippen molar-refractivity contribution in [3.05, 3.63) is 77.6 Å². The smallest absolute Gasteiger partial charge is 0.191 e. The van der Waals surface area contributed by atoms with E-state index < -0.39 is 0 Å². The van der Waals surface area contributed by atoms with Crippen molar-refractivity contribution >= 4 is 29.9 Å². The molecule has 0 aliphatic carbocycles. The van der Waals surface area contributed by atoms with Crippen LogP contribution in [0, 0.1) is 0 Å². The van der Waals surface area contributed by atoms with Crippen LogP contribution in [0.15, 0.2) is 65.8 Å². The third-order valence-corrected chi connectivity index (χ3v) is 4.59. The largest absolute Gasteiger partial charge is 0.493 e. The summed E-state index contributed by atoms with van der Waals surface area (Å²) in [5, 5.41) is 10.8. The zero-order valence-corrected chi connectivity index (χ0v) is 20.5. The van der Waals surface area contributed by atoms with E-state index in [1.54, 1.807) is 13.3 Å². The highest BCUT2D eigenvalue weighted by molar-refractivity contribution is 14.0. The predicted molar refractivity (Wildman–Crippen MR) is 134 cm³/mol. The lowest BCUT2D eigenvalue weighted by atomic mass is 10.2. The van der Waals surface area contributed by atoms with E-state index in [4.69, 9.17) is 9.47 Å². The minimum absolute atomic E-state index is 0. The molecule has 0 radical (unpaired) electrons. The van der Waals surface area contributed by atoms with Gasteiger partial charge < -0.3 is 20.1 Å². The van der Waals surface area contributed by atoms with E-state index in [1.807, 2.05) is 73.3 Å². The number of nitrogens with one attached hydrogen (secondary N) is 2. The van der Waals surface area contributed by atoms with Gasteiger partial charge in [-0.05, 0) is 36.2 Å². The van der Waals surface area contributed by atoms with E-state index in [0.29, 0.717) is 25.4 Å². The summed E-state index contributed by atoms with van der Waals surface area (Å²) in [4.78, 5) is 4.68. The number of benzene rings is 2. The number of aryl methyl sites for hydroxylation is 1. The molecule has 0 fully saturated rings. The van der Waals surface area contributed by atoms with Gasteiger partial charge in [0.05, 0.1) is 25.9 Å². The minimum Gasteiger partial charge on any atom is -0.493 e. The van der Waals surface area contributed by atoms with Crippen LogP contribution in [-0.2, 0) is 26.7 Å². The first kappa shape index (κ1) is 24.5. The number of halogens is 1. The van der Waals surface area contributed by atoms with E-state index in [-0.39, 0.29) is 24.0 Å². The zero-order chi connectivity index (χ0) is 21.2. The van der Waals surface area contributed by atoms with Crippen LogP contribution in [0.25, 0.3) is 0 Å². The second kappa shape index (κ2) is 12.8. The molecule has 0 amide bonds. The first-order chi connectivity index (χ1) is 14.7. The predicted octanol–water partition coefficient (Wildman–Crippen LogP) is 3.88. The van der Waals surface area contributed by atoms with Gasteiger partial charge in [0, 0.05) is 19.8 Å². The van der Waals surface area contributed by atoms with Crippen molar-refractivity contribution in [2.45, 2.75) is 26.6 Å². The maximum absolute atomic E-state index is 5.93. The van der Waals surface area contributed by atoms with E-state index in [1.165, 1.54) is 0 Å². The summed E-state index contributed by atoms with van der Waals surface area (Å²) >= 11 is 0. The number of guanidine groups is 1. The van der Waals surface area contributed by atoms with Crippen LogP contribution in [0.2, 0.25) is 0 Å². The second-order valence-corrected chi connectivity index (χ2v) is 6.75. The molecule has 0 saturated heterocycles. The lowest BCUT2D eigenvalue weighted by Crippen LogP contribution is -2.37. The maximum atomic E-state index is 5.93. The summed E-state index contributed by atoms with van der Waals surface area (Å²) in [5.41, 5.74) is 3.24. The molecule has 0 bridgehead atoms. The Kier molecular flexibility index (Phi) is 10.2. The molecule has 0 aliphatic heterocycles. The topological polar surface area (TPSA) is 72.7 Å². The van der Waals surface area contributed by atoms with Gasteiger partial charge >= 0.3 is 0 Å². The van der Waals surface area contributed by atoms with Crippen LogP contribution in [0.4, 0.5) is 0 Å². The molecule has 166 valence electrons. The number of ether oxygens (including phenoxy) is 2. The first-order valence-electron chi connectivity index (χ1n) is 10.0. The third-order valence-electron chi connectivity index (χ3n) is 4.59. The van der Waals surface area contributed by atoms with Crippen LogP contribution >= 0.6 is 24.0 Å². The SMILES string of the molecule is CCNC(=NCc1ccc(OCc2ccccc2)c(OC)c1)NCc1ccnn1C.I. The summed E-state index contributed by atoms with van der Waals surface area (Å²) in [5.74, 6) is 2.17. The number of nitrogens with zero attached hydrogens (tertiary/aromatic N) is 3. The van der Waals surface area contributed by atoms with Crippen molar-refractivity contribution in [2.75, 3.05) is 13.7 Å². The fraction of sp³-hybridized carbons (Fsp3) is 0.304. The molecule has 0 aliphatic rings. The summed E-state index contributed by atoms with van der Waals surface area (Å²) in [6.07, 6.45) is 1.79.